The Balaban J connectivity index is 3.46. The number of nitrogens with zero attached hydrogens (tertiary/aromatic N) is 1. The summed E-state index contributed by atoms with van der Waals surface area (Å²) in [5.41, 5.74) is 0.729. The molecule has 0 saturated heterocycles. The summed E-state index contributed by atoms with van der Waals surface area (Å²) in [6.07, 6.45) is 0. The minimum atomic E-state index is 0.0758. The highest BCUT2D eigenvalue weighted by Crippen LogP contribution is 2.35. The van der Waals surface area contributed by atoms with Crippen molar-refractivity contribution in [3.63, 3.8) is 0 Å². The summed E-state index contributed by atoms with van der Waals surface area (Å²) in [5, 5.41) is 9.67. The van der Waals surface area contributed by atoms with Crippen molar-refractivity contribution in [2.75, 3.05) is 0 Å². The van der Waals surface area contributed by atoms with Crippen LogP contribution in [0.4, 0.5) is 0 Å². The van der Waals surface area contributed by atoms with E-state index in [0.29, 0.717) is 14.2 Å². The molecular formula is C6H4Br2ClNO. The molecule has 0 saturated carbocycles. The molecule has 0 spiro atoms. The minimum Gasteiger partial charge on any atom is -0.504 e. The molecule has 2 nitrogen and oxygen atoms in total. The van der Waals surface area contributed by atoms with Crippen LogP contribution < -0.4 is 0 Å². The zero-order valence-electron chi connectivity index (χ0n) is 5.53. The van der Waals surface area contributed by atoms with Gasteiger partial charge in [-0.3, -0.25) is 0 Å². The molecule has 0 aliphatic heterocycles. The monoisotopic (exact) mass is 299 g/mol. The number of halogens is 3. The van der Waals surface area contributed by atoms with Crippen molar-refractivity contribution in [3.8, 4) is 5.75 Å². The third-order valence-electron chi connectivity index (χ3n) is 1.24. The van der Waals surface area contributed by atoms with Gasteiger partial charge in [-0.2, -0.15) is 0 Å². The average molecular weight is 301 g/mol. The van der Waals surface area contributed by atoms with E-state index in [1.807, 2.05) is 0 Å². The van der Waals surface area contributed by atoms with Crippen molar-refractivity contribution in [3.05, 3.63) is 19.8 Å². The number of pyridine rings is 1. The summed E-state index contributed by atoms with van der Waals surface area (Å²) in [4.78, 5) is 3.84. The molecule has 1 N–H and O–H groups in total. The molecule has 1 rings (SSSR count). The molecule has 11 heavy (non-hydrogen) atoms. The predicted molar refractivity (Wildman–Crippen MR) is 51.0 cm³/mol. The Hall–Kier alpha value is 0.200. The Kier molecular flexibility index (Phi) is 2.78. The summed E-state index contributed by atoms with van der Waals surface area (Å²) in [6, 6.07) is 0. The first-order valence-corrected chi connectivity index (χ1v) is 4.70. The lowest BCUT2D eigenvalue weighted by Gasteiger charge is -2.03. The number of hydrogen-bond acceptors (Lipinski definition) is 2. The maximum Gasteiger partial charge on any atom is 0.163 e. The average Bonchev–Trinajstić information content (AvgIpc) is 1.97. The van der Waals surface area contributed by atoms with Crippen LogP contribution in [0, 0.1) is 6.92 Å². The van der Waals surface area contributed by atoms with Crippen LogP contribution in [0.15, 0.2) is 9.08 Å². The van der Waals surface area contributed by atoms with Gasteiger partial charge in [-0.15, -0.1) is 0 Å². The van der Waals surface area contributed by atoms with Crippen LogP contribution in [-0.4, -0.2) is 10.1 Å². The van der Waals surface area contributed by atoms with Gasteiger partial charge >= 0.3 is 0 Å². The first kappa shape index (κ1) is 9.29. The van der Waals surface area contributed by atoms with Gasteiger partial charge in [0.15, 0.2) is 10.4 Å². The van der Waals surface area contributed by atoms with Gasteiger partial charge in [0.2, 0.25) is 0 Å². The summed E-state index contributed by atoms with van der Waals surface area (Å²) < 4.78 is 0.921. The molecule has 0 fully saturated rings. The van der Waals surface area contributed by atoms with Crippen molar-refractivity contribution >= 4 is 43.5 Å². The number of rotatable bonds is 0. The fourth-order valence-electron chi connectivity index (χ4n) is 0.582. The molecule has 0 aliphatic rings. The Morgan fingerprint density at radius 2 is 2.00 bits per heavy atom. The SMILES string of the molecule is Cc1c(Cl)nc(Br)c(O)c1Br. The number of aromatic nitrogens is 1. The van der Waals surface area contributed by atoms with Gasteiger partial charge in [-0.1, -0.05) is 11.6 Å². The van der Waals surface area contributed by atoms with E-state index in [-0.39, 0.29) is 5.75 Å². The molecule has 0 unspecified atom stereocenters. The lowest BCUT2D eigenvalue weighted by molar-refractivity contribution is 0.464. The number of aromatic hydroxyl groups is 1. The number of hydrogen-bond donors (Lipinski definition) is 1. The van der Waals surface area contributed by atoms with Crippen molar-refractivity contribution in [2.45, 2.75) is 6.92 Å². The van der Waals surface area contributed by atoms with Crippen molar-refractivity contribution in [1.29, 1.82) is 0 Å². The molecule has 0 radical (unpaired) electrons. The van der Waals surface area contributed by atoms with Gasteiger partial charge in [-0.05, 0) is 38.8 Å². The molecule has 1 heterocycles. The molecule has 0 bridgehead atoms. The van der Waals surface area contributed by atoms with E-state index in [2.05, 4.69) is 36.8 Å². The molecular weight excluding hydrogens is 297 g/mol. The molecule has 5 heteroatoms. The van der Waals surface area contributed by atoms with Crippen molar-refractivity contribution in [2.24, 2.45) is 0 Å². The molecule has 0 atom stereocenters. The van der Waals surface area contributed by atoms with Crippen molar-refractivity contribution in [1.82, 2.24) is 4.98 Å². The molecule has 0 aromatic carbocycles. The second-order valence-electron chi connectivity index (χ2n) is 1.98. The predicted octanol–water partition coefficient (Wildman–Crippen LogP) is 3.27. The Morgan fingerprint density at radius 3 is 2.55 bits per heavy atom. The lowest BCUT2D eigenvalue weighted by Crippen LogP contribution is -1.85. The second kappa shape index (κ2) is 3.29. The maximum absolute atomic E-state index is 9.30. The van der Waals surface area contributed by atoms with E-state index in [1.165, 1.54) is 0 Å². The van der Waals surface area contributed by atoms with E-state index >= 15 is 0 Å². The van der Waals surface area contributed by atoms with Gasteiger partial charge in [0.1, 0.15) is 5.15 Å². The molecule has 1 aromatic heterocycles. The highest BCUT2D eigenvalue weighted by atomic mass is 79.9. The van der Waals surface area contributed by atoms with Crippen LogP contribution >= 0.6 is 43.5 Å². The molecule has 0 amide bonds. The van der Waals surface area contributed by atoms with Crippen LogP contribution in [0.2, 0.25) is 5.15 Å². The van der Waals surface area contributed by atoms with E-state index in [1.54, 1.807) is 6.92 Å². The van der Waals surface area contributed by atoms with Gasteiger partial charge in [0.05, 0.1) is 4.47 Å². The minimum absolute atomic E-state index is 0.0758. The second-order valence-corrected chi connectivity index (χ2v) is 3.88. The van der Waals surface area contributed by atoms with Gasteiger partial charge in [-0.25, -0.2) is 4.98 Å². The van der Waals surface area contributed by atoms with Gasteiger partial charge in [0.25, 0.3) is 0 Å². The molecule has 1 aromatic rings. The zero-order chi connectivity index (χ0) is 8.59. The van der Waals surface area contributed by atoms with Crippen LogP contribution in [0.1, 0.15) is 5.56 Å². The summed E-state index contributed by atoms with van der Waals surface area (Å²) in [6.45, 7) is 1.77. The Bertz CT molecular complexity index is 277. The fourth-order valence-corrected chi connectivity index (χ4v) is 1.99. The topological polar surface area (TPSA) is 33.1 Å². The van der Waals surface area contributed by atoms with Crippen LogP contribution in [0.3, 0.4) is 0 Å². The maximum atomic E-state index is 9.30. The highest BCUT2D eigenvalue weighted by molar-refractivity contribution is 9.11. The quantitative estimate of drug-likeness (QED) is 0.746. The molecule has 60 valence electrons. The molecule has 0 aliphatic carbocycles. The van der Waals surface area contributed by atoms with E-state index < -0.39 is 0 Å². The standard InChI is InChI=1S/C6H4Br2ClNO/c1-2-3(7)4(11)5(8)10-6(2)9/h11H,1H3. The summed E-state index contributed by atoms with van der Waals surface area (Å²) in [5.74, 6) is 0.0758. The lowest BCUT2D eigenvalue weighted by atomic mass is 10.3. The van der Waals surface area contributed by atoms with Gasteiger partial charge in [0, 0.05) is 5.56 Å². The van der Waals surface area contributed by atoms with E-state index in [9.17, 15) is 5.11 Å². The first-order valence-electron chi connectivity index (χ1n) is 2.74. The first-order chi connectivity index (χ1) is 5.04. The van der Waals surface area contributed by atoms with Crippen LogP contribution in [0.25, 0.3) is 0 Å². The normalized spacial score (nSPS) is 10.2. The fraction of sp³-hybridized carbons (Fsp3) is 0.167. The van der Waals surface area contributed by atoms with Crippen LogP contribution in [0.5, 0.6) is 5.75 Å². The van der Waals surface area contributed by atoms with E-state index in [0.717, 1.165) is 5.56 Å². The highest BCUT2D eigenvalue weighted by Gasteiger charge is 2.10. The third-order valence-corrected chi connectivity index (χ3v) is 3.13. The smallest absolute Gasteiger partial charge is 0.163 e. The Labute approximate surface area is 85.8 Å². The zero-order valence-corrected chi connectivity index (χ0v) is 9.46. The largest absolute Gasteiger partial charge is 0.504 e. The van der Waals surface area contributed by atoms with E-state index in [4.69, 9.17) is 11.6 Å². The Morgan fingerprint density at radius 1 is 1.45 bits per heavy atom. The van der Waals surface area contributed by atoms with Crippen LogP contribution in [-0.2, 0) is 0 Å². The summed E-state index contributed by atoms with van der Waals surface area (Å²) in [7, 11) is 0. The third kappa shape index (κ3) is 1.68. The van der Waals surface area contributed by atoms with Gasteiger partial charge < -0.3 is 5.11 Å². The summed E-state index contributed by atoms with van der Waals surface area (Å²) >= 11 is 11.9. The van der Waals surface area contributed by atoms with Crippen molar-refractivity contribution < 1.29 is 5.11 Å².